The molecule has 3 rings (SSSR count). The second-order valence-corrected chi connectivity index (χ2v) is 6.89. The maximum Gasteiger partial charge on any atom is 0.573 e. The van der Waals surface area contributed by atoms with E-state index in [0.717, 1.165) is 18.8 Å². The number of nitrogens with two attached hydrogens (primary N) is 1. The Morgan fingerprint density at radius 2 is 1.66 bits per heavy atom. The van der Waals surface area contributed by atoms with Gasteiger partial charge in [-0.25, -0.2) is 0 Å². The standard InChI is InChI=1S/C21H24F3N5O2.HI/c22-21(23,24)31-18-9-5-4-8-17(18)27-20(25)26-11-10-19(30)29-14-12-28(13-15-29)16-6-2-1-3-7-16;/h1-9H,10-15H2,(H3,25,26,27);1H. The third kappa shape index (κ3) is 7.77. The second-order valence-electron chi connectivity index (χ2n) is 6.89. The number of nitrogens with zero attached hydrogens (tertiary/aromatic N) is 3. The molecular weight excluding hydrogens is 538 g/mol. The smallest absolute Gasteiger partial charge is 0.404 e. The molecule has 0 aromatic heterocycles. The van der Waals surface area contributed by atoms with Crippen molar-refractivity contribution in [1.29, 1.82) is 0 Å². The van der Waals surface area contributed by atoms with Gasteiger partial charge in [-0.2, -0.15) is 0 Å². The Balaban J connectivity index is 0.00000363. The molecule has 1 saturated heterocycles. The number of para-hydroxylation sites is 3. The number of aliphatic imine (C=N–C) groups is 1. The summed E-state index contributed by atoms with van der Waals surface area (Å²) in [6, 6.07) is 15.5. The lowest BCUT2D eigenvalue weighted by Gasteiger charge is -2.36. The van der Waals surface area contributed by atoms with Crippen LogP contribution in [-0.2, 0) is 4.79 Å². The third-order valence-electron chi connectivity index (χ3n) is 4.74. The molecule has 0 saturated carbocycles. The Kier molecular flexibility index (Phi) is 9.42. The Bertz CT molecular complexity index is 904. The minimum Gasteiger partial charge on any atom is -0.404 e. The first kappa shape index (κ1) is 25.6. The molecule has 174 valence electrons. The second kappa shape index (κ2) is 11.8. The van der Waals surface area contributed by atoms with Crippen LogP contribution in [0.1, 0.15) is 6.42 Å². The number of carbonyl (C=O) groups excluding carboxylic acids is 1. The van der Waals surface area contributed by atoms with Gasteiger partial charge in [0.1, 0.15) is 0 Å². The van der Waals surface area contributed by atoms with Gasteiger partial charge in [-0.3, -0.25) is 9.79 Å². The molecule has 0 atom stereocenters. The van der Waals surface area contributed by atoms with E-state index in [4.69, 9.17) is 5.73 Å². The summed E-state index contributed by atoms with van der Waals surface area (Å²) in [5, 5.41) is 2.58. The number of amides is 1. The average Bonchev–Trinajstić information content (AvgIpc) is 2.75. The highest BCUT2D eigenvalue weighted by atomic mass is 127. The zero-order valence-electron chi connectivity index (χ0n) is 17.2. The lowest BCUT2D eigenvalue weighted by molar-refractivity contribution is -0.274. The molecule has 0 spiro atoms. The Hall–Kier alpha value is -2.70. The van der Waals surface area contributed by atoms with Gasteiger partial charge in [-0.1, -0.05) is 30.3 Å². The van der Waals surface area contributed by atoms with Gasteiger partial charge in [-0.15, -0.1) is 37.1 Å². The van der Waals surface area contributed by atoms with Crippen LogP contribution in [0, 0.1) is 0 Å². The van der Waals surface area contributed by atoms with Gasteiger partial charge >= 0.3 is 6.36 Å². The number of halogens is 4. The number of anilines is 2. The van der Waals surface area contributed by atoms with Crippen molar-refractivity contribution >= 4 is 47.2 Å². The molecule has 2 aromatic carbocycles. The molecule has 1 aliphatic heterocycles. The van der Waals surface area contributed by atoms with Gasteiger partial charge in [0.25, 0.3) is 0 Å². The number of guanidine groups is 1. The highest BCUT2D eigenvalue weighted by molar-refractivity contribution is 14.0. The molecular formula is C21H25F3IN5O2. The van der Waals surface area contributed by atoms with Crippen molar-refractivity contribution in [3.05, 3.63) is 54.6 Å². The summed E-state index contributed by atoms with van der Waals surface area (Å²) in [7, 11) is 0. The highest BCUT2D eigenvalue weighted by Gasteiger charge is 2.32. The van der Waals surface area contributed by atoms with E-state index in [2.05, 4.69) is 19.9 Å². The van der Waals surface area contributed by atoms with E-state index in [-0.39, 0.29) is 54.5 Å². The molecule has 0 unspecified atom stereocenters. The highest BCUT2D eigenvalue weighted by Crippen LogP contribution is 2.29. The molecule has 0 aliphatic carbocycles. The quantitative estimate of drug-likeness (QED) is 0.319. The number of ether oxygens (including phenoxy) is 1. The number of hydrogen-bond donors (Lipinski definition) is 2. The largest absolute Gasteiger partial charge is 0.573 e. The summed E-state index contributed by atoms with van der Waals surface area (Å²) in [4.78, 5) is 20.5. The van der Waals surface area contributed by atoms with E-state index in [1.54, 1.807) is 4.90 Å². The van der Waals surface area contributed by atoms with Crippen molar-refractivity contribution in [2.75, 3.05) is 42.9 Å². The molecule has 2 aromatic rings. The zero-order valence-corrected chi connectivity index (χ0v) is 19.5. The van der Waals surface area contributed by atoms with Crippen molar-refractivity contribution in [2.45, 2.75) is 12.8 Å². The van der Waals surface area contributed by atoms with E-state index in [1.807, 2.05) is 30.3 Å². The van der Waals surface area contributed by atoms with Gasteiger partial charge in [0.15, 0.2) is 11.7 Å². The van der Waals surface area contributed by atoms with Gasteiger partial charge in [0.2, 0.25) is 5.91 Å². The van der Waals surface area contributed by atoms with Crippen LogP contribution in [0.2, 0.25) is 0 Å². The van der Waals surface area contributed by atoms with Gasteiger partial charge in [0, 0.05) is 38.3 Å². The Morgan fingerprint density at radius 3 is 2.31 bits per heavy atom. The maximum atomic E-state index is 12.5. The van der Waals surface area contributed by atoms with Crippen LogP contribution in [0.3, 0.4) is 0 Å². The molecule has 1 amide bonds. The van der Waals surface area contributed by atoms with Crippen molar-refractivity contribution in [2.24, 2.45) is 10.7 Å². The first-order valence-corrected chi connectivity index (χ1v) is 9.81. The topological polar surface area (TPSA) is 83.2 Å². The van der Waals surface area contributed by atoms with Crippen LogP contribution >= 0.6 is 24.0 Å². The normalized spacial score (nSPS) is 14.5. The first-order valence-electron chi connectivity index (χ1n) is 9.81. The van der Waals surface area contributed by atoms with E-state index in [9.17, 15) is 18.0 Å². The maximum absolute atomic E-state index is 12.5. The number of carbonyl (C=O) groups is 1. The fourth-order valence-electron chi connectivity index (χ4n) is 3.24. The number of piperazine rings is 1. The molecule has 1 fully saturated rings. The summed E-state index contributed by atoms with van der Waals surface area (Å²) < 4.78 is 41.4. The Labute approximate surface area is 201 Å². The minimum atomic E-state index is -4.82. The molecule has 11 heteroatoms. The predicted molar refractivity (Wildman–Crippen MR) is 129 cm³/mol. The molecule has 1 aliphatic rings. The van der Waals surface area contributed by atoms with Crippen molar-refractivity contribution in [3.8, 4) is 5.75 Å². The summed E-state index contributed by atoms with van der Waals surface area (Å²) in [6.07, 6.45) is -4.66. The summed E-state index contributed by atoms with van der Waals surface area (Å²) >= 11 is 0. The van der Waals surface area contributed by atoms with Gasteiger partial charge < -0.3 is 25.6 Å². The van der Waals surface area contributed by atoms with Crippen molar-refractivity contribution in [3.63, 3.8) is 0 Å². The summed E-state index contributed by atoms with van der Waals surface area (Å²) in [5.41, 5.74) is 6.92. The molecule has 3 N–H and O–H groups in total. The van der Waals surface area contributed by atoms with Crippen LogP contribution in [0.15, 0.2) is 59.6 Å². The van der Waals surface area contributed by atoms with E-state index in [0.29, 0.717) is 13.1 Å². The van der Waals surface area contributed by atoms with Crippen LogP contribution in [0.25, 0.3) is 0 Å². The van der Waals surface area contributed by atoms with Crippen LogP contribution < -0.4 is 20.7 Å². The third-order valence-corrected chi connectivity index (χ3v) is 4.74. The molecule has 32 heavy (non-hydrogen) atoms. The SMILES string of the molecule is I.NC(=NCCC(=O)N1CCN(c2ccccc2)CC1)Nc1ccccc1OC(F)(F)F. The number of hydrogen-bond acceptors (Lipinski definition) is 4. The van der Waals surface area contributed by atoms with Crippen molar-refractivity contribution in [1.82, 2.24) is 4.90 Å². The van der Waals surface area contributed by atoms with Gasteiger partial charge in [-0.05, 0) is 24.3 Å². The van der Waals surface area contributed by atoms with E-state index >= 15 is 0 Å². The lowest BCUT2D eigenvalue weighted by atomic mass is 10.2. The minimum absolute atomic E-state index is 0. The molecule has 7 nitrogen and oxygen atoms in total. The molecule has 0 radical (unpaired) electrons. The first-order chi connectivity index (χ1) is 14.8. The number of alkyl halides is 3. The lowest BCUT2D eigenvalue weighted by Crippen LogP contribution is -2.48. The molecule has 0 bridgehead atoms. The fraction of sp³-hybridized carbons (Fsp3) is 0.333. The summed E-state index contributed by atoms with van der Waals surface area (Å²) in [6.45, 7) is 2.86. The number of rotatable bonds is 6. The Morgan fingerprint density at radius 1 is 1.03 bits per heavy atom. The number of nitrogens with one attached hydrogen (secondary N) is 1. The zero-order chi connectivity index (χ0) is 22.3. The monoisotopic (exact) mass is 563 g/mol. The van der Waals surface area contributed by atoms with Crippen LogP contribution in [0.4, 0.5) is 24.5 Å². The van der Waals surface area contributed by atoms with Gasteiger partial charge in [0.05, 0.1) is 12.2 Å². The van der Waals surface area contributed by atoms with Crippen LogP contribution in [0.5, 0.6) is 5.75 Å². The average molecular weight is 563 g/mol. The number of benzene rings is 2. The van der Waals surface area contributed by atoms with Crippen molar-refractivity contribution < 1.29 is 22.7 Å². The molecule has 1 heterocycles. The van der Waals surface area contributed by atoms with E-state index < -0.39 is 12.1 Å². The van der Waals surface area contributed by atoms with Crippen LogP contribution in [-0.4, -0.2) is 55.9 Å². The summed E-state index contributed by atoms with van der Waals surface area (Å²) in [5.74, 6) is -0.550. The van der Waals surface area contributed by atoms with E-state index in [1.165, 1.54) is 24.3 Å². The fourth-order valence-corrected chi connectivity index (χ4v) is 3.24. The predicted octanol–water partition coefficient (Wildman–Crippen LogP) is 3.67.